The van der Waals surface area contributed by atoms with E-state index >= 15 is 0 Å². The molecular weight excluding hydrogens is 323 g/mol. The first-order valence-corrected chi connectivity index (χ1v) is 7.28. The molecule has 112 valence electrons. The number of carbonyl (C=O) groups is 1. The van der Waals surface area contributed by atoms with E-state index in [0.29, 0.717) is 21.3 Å². The molecule has 0 bridgehead atoms. The third-order valence-corrected chi connectivity index (χ3v) is 3.89. The summed E-state index contributed by atoms with van der Waals surface area (Å²) in [5.41, 5.74) is 7.82. The maximum absolute atomic E-state index is 12.3. The highest BCUT2D eigenvalue weighted by atomic mass is 35.5. The summed E-state index contributed by atoms with van der Waals surface area (Å²) in [5, 5.41) is 3.33. The van der Waals surface area contributed by atoms with Crippen LogP contribution in [-0.4, -0.2) is 12.5 Å². The molecule has 1 heterocycles. The molecule has 0 aromatic heterocycles. The average Bonchev–Trinajstić information content (AvgIpc) is 2.52. The number of nitrogens with two attached hydrogens (primary N) is 1. The van der Waals surface area contributed by atoms with Crippen molar-refractivity contribution in [3.63, 3.8) is 0 Å². The normalized spacial score (nSPS) is 12.9. The van der Waals surface area contributed by atoms with E-state index in [1.54, 1.807) is 18.2 Å². The van der Waals surface area contributed by atoms with E-state index in [2.05, 4.69) is 5.32 Å². The summed E-state index contributed by atoms with van der Waals surface area (Å²) in [6.07, 6.45) is 1.80. The lowest BCUT2D eigenvalue weighted by Gasteiger charge is -2.17. The number of nitrogens with one attached hydrogen (secondary N) is 1. The second-order valence-corrected chi connectivity index (χ2v) is 5.62. The molecular formula is C16H12Cl2N2O2. The maximum atomic E-state index is 12.3. The van der Waals surface area contributed by atoms with E-state index in [-0.39, 0.29) is 18.2 Å². The standard InChI is InChI=1S/C16H12Cl2N2O2/c17-12-6-11(7-13(18)15(12)19)20-16(21)10-5-9-3-1-2-4-14(9)22-8-10/h1-7H,8,19H2,(H,20,21). The smallest absolute Gasteiger partial charge is 0.255 e. The zero-order chi connectivity index (χ0) is 15.7. The van der Waals surface area contributed by atoms with Crippen molar-refractivity contribution in [2.24, 2.45) is 0 Å². The van der Waals surface area contributed by atoms with Gasteiger partial charge in [-0.25, -0.2) is 0 Å². The van der Waals surface area contributed by atoms with Crippen molar-refractivity contribution in [2.45, 2.75) is 0 Å². The van der Waals surface area contributed by atoms with Gasteiger partial charge in [-0.2, -0.15) is 0 Å². The number of hydrogen-bond donors (Lipinski definition) is 2. The molecule has 1 amide bonds. The molecule has 2 aromatic rings. The van der Waals surface area contributed by atoms with Gasteiger partial charge in [-0.05, 0) is 24.3 Å². The van der Waals surface area contributed by atoms with Gasteiger partial charge in [0, 0.05) is 11.3 Å². The molecule has 1 aliphatic heterocycles. The van der Waals surface area contributed by atoms with E-state index < -0.39 is 0 Å². The van der Waals surface area contributed by atoms with Gasteiger partial charge in [0.1, 0.15) is 12.4 Å². The summed E-state index contributed by atoms with van der Waals surface area (Å²) >= 11 is 11.9. The van der Waals surface area contributed by atoms with Crippen molar-refractivity contribution in [1.29, 1.82) is 0 Å². The Hall–Kier alpha value is -2.17. The fraction of sp³-hybridized carbons (Fsp3) is 0.0625. The van der Waals surface area contributed by atoms with Crippen LogP contribution in [-0.2, 0) is 4.79 Å². The Bertz CT molecular complexity index is 764. The van der Waals surface area contributed by atoms with Crippen molar-refractivity contribution >= 4 is 46.6 Å². The number of carbonyl (C=O) groups excluding carboxylic acids is 1. The fourth-order valence-electron chi connectivity index (χ4n) is 2.12. The topological polar surface area (TPSA) is 64.3 Å². The Balaban J connectivity index is 1.83. The molecule has 0 saturated heterocycles. The minimum absolute atomic E-state index is 0.208. The lowest BCUT2D eigenvalue weighted by Crippen LogP contribution is -2.21. The molecule has 0 saturated carbocycles. The Kier molecular flexibility index (Phi) is 3.96. The van der Waals surface area contributed by atoms with Crippen molar-refractivity contribution in [3.05, 3.63) is 57.6 Å². The van der Waals surface area contributed by atoms with Gasteiger partial charge in [0.15, 0.2) is 0 Å². The monoisotopic (exact) mass is 334 g/mol. The van der Waals surface area contributed by atoms with E-state index in [0.717, 1.165) is 11.3 Å². The number of nitrogen functional groups attached to an aromatic ring is 1. The number of fused-ring (bicyclic) bond motifs is 1. The Morgan fingerprint density at radius 1 is 1.18 bits per heavy atom. The van der Waals surface area contributed by atoms with Gasteiger partial charge >= 0.3 is 0 Å². The fourth-order valence-corrected chi connectivity index (χ4v) is 2.60. The van der Waals surface area contributed by atoms with Crippen molar-refractivity contribution in [3.8, 4) is 5.75 Å². The van der Waals surface area contributed by atoms with Crippen LogP contribution in [0.15, 0.2) is 42.0 Å². The summed E-state index contributed by atoms with van der Waals surface area (Å²) in [6.45, 7) is 0.208. The number of hydrogen-bond acceptors (Lipinski definition) is 3. The molecule has 0 aliphatic carbocycles. The Labute approximate surface area is 137 Å². The van der Waals surface area contributed by atoms with Gasteiger partial charge in [0.2, 0.25) is 0 Å². The number of anilines is 2. The molecule has 22 heavy (non-hydrogen) atoms. The lowest BCUT2D eigenvalue weighted by molar-refractivity contribution is -0.113. The van der Waals surface area contributed by atoms with Crippen LogP contribution in [0.3, 0.4) is 0 Å². The highest BCUT2D eigenvalue weighted by molar-refractivity contribution is 6.39. The first-order chi connectivity index (χ1) is 10.5. The van der Waals surface area contributed by atoms with Crippen LogP contribution in [0.5, 0.6) is 5.75 Å². The number of ether oxygens (including phenoxy) is 1. The molecule has 0 unspecified atom stereocenters. The van der Waals surface area contributed by atoms with Crippen LogP contribution in [0, 0.1) is 0 Å². The molecule has 2 aromatic carbocycles. The molecule has 0 atom stereocenters. The summed E-state index contributed by atoms with van der Waals surface area (Å²) in [6, 6.07) is 10.6. The second kappa shape index (κ2) is 5.91. The molecule has 0 fully saturated rings. The Morgan fingerprint density at radius 2 is 1.86 bits per heavy atom. The van der Waals surface area contributed by atoms with E-state index in [4.69, 9.17) is 33.7 Å². The number of rotatable bonds is 2. The van der Waals surface area contributed by atoms with Gasteiger partial charge in [-0.15, -0.1) is 0 Å². The van der Waals surface area contributed by atoms with Crippen LogP contribution in [0.1, 0.15) is 5.56 Å². The lowest BCUT2D eigenvalue weighted by atomic mass is 10.1. The predicted octanol–water partition coefficient (Wildman–Crippen LogP) is 3.99. The van der Waals surface area contributed by atoms with Crippen molar-refractivity contribution in [2.75, 3.05) is 17.7 Å². The largest absolute Gasteiger partial charge is 0.488 e. The molecule has 6 heteroatoms. The summed E-state index contributed by atoms with van der Waals surface area (Å²) in [7, 11) is 0. The minimum atomic E-state index is -0.272. The highest BCUT2D eigenvalue weighted by Gasteiger charge is 2.17. The highest BCUT2D eigenvalue weighted by Crippen LogP contribution is 2.32. The van der Waals surface area contributed by atoms with Gasteiger partial charge in [0.25, 0.3) is 5.91 Å². The second-order valence-electron chi connectivity index (χ2n) is 4.80. The average molecular weight is 335 g/mol. The number of halogens is 2. The van der Waals surface area contributed by atoms with E-state index in [1.807, 2.05) is 24.3 Å². The van der Waals surface area contributed by atoms with Crippen LogP contribution in [0.25, 0.3) is 6.08 Å². The molecule has 4 nitrogen and oxygen atoms in total. The van der Waals surface area contributed by atoms with Gasteiger partial charge < -0.3 is 15.8 Å². The molecule has 3 rings (SSSR count). The summed E-state index contributed by atoms with van der Waals surface area (Å²) < 4.78 is 5.56. The zero-order valence-electron chi connectivity index (χ0n) is 11.4. The van der Waals surface area contributed by atoms with Crippen LogP contribution >= 0.6 is 23.2 Å². The summed E-state index contributed by atoms with van der Waals surface area (Å²) in [4.78, 5) is 12.3. The first kappa shape index (κ1) is 14.8. The van der Waals surface area contributed by atoms with Gasteiger partial charge in [0.05, 0.1) is 21.3 Å². The zero-order valence-corrected chi connectivity index (χ0v) is 12.9. The molecule has 0 spiro atoms. The number of amides is 1. The minimum Gasteiger partial charge on any atom is -0.488 e. The number of para-hydroxylation sites is 1. The van der Waals surface area contributed by atoms with Crippen LogP contribution in [0.4, 0.5) is 11.4 Å². The van der Waals surface area contributed by atoms with E-state index in [9.17, 15) is 4.79 Å². The Morgan fingerprint density at radius 3 is 2.59 bits per heavy atom. The number of benzene rings is 2. The van der Waals surface area contributed by atoms with E-state index in [1.165, 1.54) is 0 Å². The third-order valence-electron chi connectivity index (χ3n) is 3.26. The quantitative estimate of drug-likeness (QED) is 0.816. The summed E-state index contributed by atoms with van der Waals surface area (Å²) in [5.74, 6) is 0.490. The van der Waals surface area contributed by atoms with Crippen LogP contribution in [0.2, 0.25) is 10.0 Å². The van der Waals surface area contributed by atoms with Crippen molar-refractivity contribution in [1.82, 2.24) is 0 Å². The van der Waals surface area contributed by atoms with Crippen molar-refractivity contribution < 1.29 is 9.53 Å². The molecule has 1 aliphatic rings. The third kappa shape index (κ3) is 2.89. The first-order valence-electron chi connectivity index (χ1n) is 6.53. The predicted molar refractivity (Wildman–Crippen MR) is 89.4 cm³/mol. The SMILES string of the molecule is Nc1c(Cl)cc(NC(=O)C2=Cc3ccccc3OC2)cc1Cl. The van der Waals surface area contributed by atoms with Gasteiger partial charge in [-0.1, -0.05) is 41.4 Å². The maximum Gasteiger partial charge on any atom is 0.255 e. The molecule has 0 radical (unpaired) electrons. The van der Waals surface area contributed by atoms with Gasteiger partial charge in [-0.3, -0.25) is 4.79 Å². The van der Waals surface area contributed by atoms with Crippen LogP contribution < -0.4 is 15.8 Å². The molecule has 3 N–H and O–H groups in total.